The summed E-state index contributed by atoms with van der Waals surface area (Å²) in [6.07, 6.45) is 5.39. The predicted octanol–water partition coefficient (Wildman–Crippen LogP) is 1.57. The molecule has 0 saturated carbocycles. The first-order chi connectivity index (χ1) is 3.77. The van der Waals surface area contributed by atoms with Gasteiger partial charge in [-0.05, 0) is 12.5 Å². The van der Waals surface area contributed by atoms with Crippen LogP contribution in [0.4, 0.5) is 0 Å². The first kappa shape index (κ1) is 6.12. The number of hydrogen-bond donors (Lipinski definition) is 0. The lowest BCUT2D eigenvalue weighted by Gasteiger charge is -2.11. The van der Waals surface area contributed by atoms with E-state index >= 15 is 0 Å². The van der Waals surface area contributed by atoms with Crippen LogP contribution in [0, 0.1) is 0 Å². The predicted molar refractivity (Wildman–Crippen MR) is 39.9 cm³/mol. The van der Waals surface area contributed by atoms with Gasteiger partial charge in [0.1, 0.15) is 0 Å². The molecule has 1 atom stereocenters. The standard InChI is InChI=1S/C6H11OP/c1-7-8(2)5-3-4-6-8/h3-5H,6H2,1-2H3. The van der Waals surface area contributed by atoms with Gasteiger partial charge in [0, 0.05) is 20.4 Å². The van der Waals surface area contributed by atoms with Crippen molar-refractivity contribution < 1.29 is 4.52 Å². The number of hydrogen-bond acceptors (Lipinski definition) is 1. The van der Waals surface area contributed by atoms with Crippen LogP contribution in [0.25, 0.3) is 0 Å². The van der Waals surface area contributed by atoms with Crippen LogP contribution in [-0.2, 0) is 4.52 Å². The van der Waals surface area contributed by atoms with Crippen molar-refractivity contribution in [2.45, 2.75) is 0 Å². The van der Waals surface area contributed by atoms with Crippen molar-refractivity contribution in [3.05, 3.63) is 12.2 Å². The summed E-state index contributed by atoms with van der Waals surface area (Å²) in [5, 5.41) is 0. The monoisotopic (exact) mass is 130 g/mol. The highest BCUT2D eigenvalue weighted by molar-refractivity contribution is 7.70. The fraction of sp³-hybridized carbons (Fsp3) is 0.500. The largest absolute Gasteiger partial charge is 0.365 e. The minimum Gasteiger partial charge on any atom is -0.365 e. The maximum Gasteiger partial charge on any atom is 0.0396 e. The maximum atomic E-state index is 5.29. The van der Waals surface area contributed by atoms with Gasteiger partial charge in [0.05, 0.1) is 0 Å². The van der Waals surface area contributed by atoms with E-state index in [1.807, 2.05) is 0 Å². The average molecular weight is 130 g/mol. The van der Waals surface area contributed by atoms with Gasteiger partial charge in [0.2, 0.25) is 0 Å². The van der Waals surface area contributed by atoms with Crippen molar-refractivity contribution in [1.82, 2.24) is 0 Å². The quantitative estimate of drug-likeness (QED) is 0.489. The van der Waals surface area contributed by atoms with Gasteiger partial charge < -0.3 is 4.52 Å². The van der Waals surface area contributed by atoms with Gasteiger partial charge in [-0.15, -0.1) is 0 Å². The molecule has 0 saturated heterocycles. The summed E-state index contributed by atoms with van der Waals surface area (Å²) in [5.41, 5.74) is 0. The summed E-state index contributed by atoms with van der Waals surface area (Å²) >= 11 is 0. The Kier molecular flexibility index (Phi) is 1.59. The topological polar surface area (TPSA) is 9.23 Å². The van der Waals surface area contributed by atoms with E-state index in [4.69, 9.17) is 4.52 Å². The van der Waals surface area contributed by atoms with Crippen LogP contribution in [0.3, 0.4) is 0 Å². The second kappa shape index (κ2) is 2.08. The highest BCUT2D eigenvalue weighted by Crippen LogP contribution is 2.44. The lowest BCUT2D eigenvalue weighted by atomic mass is 10.6. The molecule has 0 aromatic rings. The van der Waals surface area contributed by atoms with Gasteiger partial charge in [-0.1, -0.05) is 12.2 Å². The third-order valence-electron chi connectivity index (χ3n) is 1.42. The van der Waals surface area contributed by atoms with Crippen LogP contribution in [-0.4, -0.2) is 25.7 Å². The van der Waals surface area contributed by atoms with Gasteiger partial charge in [0.15, 0.2) is 0 Å². The number of rotatable bonds is 1. The van der Waals surface area contributed by atoms with E-state index in [2.05, 4.69) is 24.6 Å². The van der Waals surface area contributed by atoms with E-state index in [9.17, 15) is 0 Å². The van der Waals surface area contributed by atoms with Gasteiger partial charge in [0.25, 0.3) is 0 Å². The Bertz CT molecular complexity index is 158. The van der Waals surface area contributed by atoms with Gasteiger partial charge in [-0.3, -0.25) is 0 Å². The summed E-state index contributed by atoms with van der Waals surface area (Å²) < 4.78 is 5.29. The maximum absolute atomic E-state index is 5.29. The fourth-order valence-electron chi connectivity index (χ4n) is 0.709. The molecule has 0 aromatic carbocycles. The molecule has 0 radical (unpaired) electrons. The molecule has 1 rings (SSSR count). The van der Waals surface area contributed by atoms with Crippen LogP contribution in [0.1, 0.15) is 0 Å². The van der Waals surface area contributed by atoms with Crippen molar-refractivity contribution >= 4 is 12.9 Å². The van der Waals surface area contributed by atoms with Crippen molar-refractivity contribution in [2.75, 3.05) is 19.9 Å². The molecule has 1 aliphatic heterocycles. The molecule has 0 spiro atoms. The highest BCUT2D eigenvalue weighted by atomic mass is 31.2. The Morgan fingerprint density at radius 2 is 2.38 bits per heavy atom. The SMILES string of the molecule is COP1(C)=CC=CC1. The van der Waals surface area contributed by atoms with E-state index in [1.54, 1.807) is 7.11 Å². The van der Waals surface area contributed by atoms with Crippen LogP contribution in [0.5, 0.6) is 0 Å². The van der Waals surface area contributed by atoms with Crippen molar-refractivity contribution in [3.63, 3.8) is 0 Å². The van der Waals surface area contributed by atoms with E-state index in [1.165, 1.54) is 0 Å². The molecule has 8 heavy (non-hydrogen) atoms. The zero-order valence-electron chi connectivity index (χ0n) is 5.29. The van der Waals surface area contributed by atoms with Gasteiger partial charge in [-0.2, -0.15) is 0 Å². The fourth-order valence-corrected chi connectivity index (χ4v) is 2.13. The second-order valence-electron chi connectivity index (χ2n) is 2.12. The Labute approximate surface area is 50.4 Å². The third-order valence-corrected chi connectivity index (χ3v) is 4.00. The van der Waals surface area contributed by atoms with Crippen LogP contribution >= 0.6 is 7.11 Å². The van der Waals surface area contributed by atoms with E-state index in [0.717, 1.165) is 6.16 Å². The molecular formula is C6H11OP. The Hall–Kier alpha value is 0. The van der Waals surface area contributed by atoms with E-state index in [-0.39, 0.29) is 0 Å². The molecule has 2 heteroatoms. The molecule has 46 valence electrons. The summed E-state index contributed by atoms with van der Waals surface area (Å²) in [6, 6.07) is 0. The Morgan fingerprint density at radius 1 is 1.62 bits per heavy atom. The number of allylic oxidation sites excluding steroid dienone is 2. The Morgan fingerprint density at radius 3 is 2.62 bits per heavy atom. The third kappa shape index (κ3) is 1.04. The van der Waals surface area contributed by atoms with Gasteiger partial charge >= 0.3 is 0 Å². The smallest absolute Gasteiger partial charge is 0.0396 e. The summed E-state index contributed by atoms with van der Waals surface area (Å²) in [5.74, 6) is 2.19. The van der Waals surface area contributed by atoms with Crippen LogP contribution < -0.4 is 0 Å². The minimum atomic E-state index is -1.04. The molecule has 0 fully saturated rings. The van der Waals surface area contributed by atoms with E-state index < -0.39 is 7.11 Å². The first-order valence-corrected chi connectivity index (χ1v) is 5.10. The average Bonchev–Trinajstić information content (AvgIpc) is 2.17. The van der Waals surface area contributed by atoms with Crippen LogP contribution in [0.15, 0.2) is 12.2 Å². The van der Waals surface area contributed by atoms with Crippen molar-refractivity contribution in [2.24, 2.45) is 0 Å². The normalized spacial score (nSPS) is 35.2. The summed E-state index contributed by atoms with van der Waals surface area (Å²) in [4.78, 5) is 0. The second-order valence-corrected chi connectivity index (χ2v) is 5.49. The zero-order valence-corrected chi connectivity index (χ0v) is 6.19. The van der Waals surface area contributed by atoms with Gasteiger partial charge in [-0.25, -0.2) is 0 Å². The summed E-state index contributed by atoms with van der Waals surface area (Å²) in [7, 11) is 0.752. The molecule has 0 aromatic heterocycles. The highest BCUT2D eigenvalue weighted by Gasteiger charge is 2.08. The lowest BCUT2D eigenvalue weighted by molar-refractivity contribution is 0.463. The lowest BCUT2D eigenvalue weighted by Crippen LogP contribution is -1.84. The molecule has 0 bridgehead atoms. The molecule has 1 aliphatic rings. The molecule has 1 nitrogen and oxygen atoms in total. The molecule has 0 amide bonds. The molecular weight excluding hydrogens is 119 g/mol. The first-order valence-electron chi connectivity index (χ1n) is 2.69. The molecule has 1 unspecified atom stereocenters. The molecule has 1 heterocycles. The molecule has 0 N–H and O–H groups in total. The molecule has 0 aliphatic carbocycles. The summed E-state index contributed by atoms with van der Waals surface area (Å²) in [6.45, 7) is 2.19. The minimum absolute atomic E-state index is 1.04. The van der Waals surface area contributed by atoms with Crippen LogP contribution in [0.2, 0.25) is 0 Å². The zero-order chi connectivity index (χ0) is 6.04. The van der Waals surface area contributed by atoms with E-state index in [0.29, 0.717) is 0 Å². The Balaban J connectivity index is 2.71. The van der Waals surface area contributed by atoms with Crippen molar-refractivity contribution in [1.29, 1.82) is 0 Å². The van der Waals surface area contributed by atoms with Crippen molar-refractivity contribution in [3.8, 4) is 0 Å².